The molecule has 1 atom stereocenters. The van der Waals surface area contributed by atoms with Crippen molar-refractivity contribution in [2.24, 2.45) is 0 Å². The van der Waals surface area contributed by atoms with Gasteiger partial charge in [0.15, 0.2) is 0 Å². The fourth-order valence-electron chi connectivity index (χ4n) is 4.10. The lowest BCUT2D eigenvalue weighted by Gasteiger charge is -2.19. The lowest BCUT2D eigenvalue weighted by molar-refractivity contribution is 0.0526. The van der Waals surface area contributed by atoms with Gasteiger partial charge in [0.2, 0.25) is 0 Å². The van der Waals surface area contributed by atoms with E-state index in [-0.39, 0.29) is 12.0 Å². The molecule has 4 heteroatoms. The molecular weight excluding hydrogens is 324 g/mol. The quantitative estimate of drug-likeness (QED) is 0.751. The van der Waals surface area contributed by atoms with Gasteiger partial charge in [-0.3, -0.25) is 0 Å². The average molecular weight is 350 g/mol. The second kappa shape index (κ2) is 7.40. The highest BCUT2D eigenvalue weighted by molar-refractivity contribution is 5.93. The summed E-state index contributed by atoms with van der Waals surface area (Å²) in [6.45, 7) is 2.24. The van der Waals surface area contributed by atoms with Gasteiger partial charge < -0.3 is 15.4 Å². The lowest BCUT2D eigenvalue weighted by Crippen LogP contribution is -2.16. The van der Waals surface area contributed by atoms with Crippen molar-refractivity contribution >= 4 is 17.3 Å². The number of carbonyl (C=O) groups excluding carboxylic acids is 1. The third-order valence-electron chi connectivity index (χ3n) is 5.39. The van der Waals surface area contributed by atoms with Gasteiger partial charge in [-0.2, -0.15) is 0 Å². The number of hydrogen-bond acceptors (Lipinski definition) is 4. The first-order valence-electron chi connectivity index (χ1n) is 9.66. The van der Waals surface area contributed by atoms with Crippen LogP contribution in [0.1, 0.15) is 60.1 Å². The molecule has 1 unspecified atom stereocenters. The molecule has 26 heavy (non-hydrogen) atoms. The van der Waals surface area contributed by atoms with Crippen LogP contribution in [0.25, 0.3) is 0 Å². The molecule has 0 amide bonds. The zero-order chi connectivity index (χ0) is 17.9. The number of hydrogen-bond donors (Lipinski definition) is 2. The van der Waals surface area contributed by atoms with E-state index in [2.05, 4.69) is 34.9 Å². The predicted molar refractivity (Wildman–Crippen MR) is 105 cm³/mol. The number of benzene rings is 2. The average Bonchev–Trinajstić information content (AvgIpc) is 3.32. The van der Waals surface area contributed by atoms with Crippen molar-refractivity contribution in [1.29, 1.82) is 0 Å². The molecule has 0 spiro atoms. The molecule has 1 heterocycles. The van der Waals surface area contributed by atoms with Gasteiger partial charge in [-0.25, -0.2) is 4.79 Å². The zero-order valence-corrected chi connectivity index (χ0v) is 15.3. The lowest BCUT2D eigenvalue weighted by atomic mass is 10.0. The first-order chi connectivity index (χ1) is 12.7. The standard InChI is InChI=1S/C22H26N2O2/c1-2-26-22(25)17-12-16-13-19(15-8-4-3-5-9-15)24-21(16)20(14-17)23-18-10-6-7-11-18/h3-5,8-9,12,14,18-19,23-24H,2,6-7,10-11,13H2,1H3. The van der Waals surface area contributed by atoms with Crippen LogP contribution in [0, 0.1) is 0 Å². The van der Waals surface area contributed by atoms with Crippen LogP contribution in [-0.4, -0.2) is 18.6 Å². The maximum atomic E-state index is 12.3. The normalized spacial score (nSPS) is 19.0. The van der Waals surface area contributed by atoms with Crippen LogP contribution in [0.2, 0.25) is 0 Å². The topological polar surface area (TPSA) is 50.4 Å². The number of ether oxygens (including phenoxy) is 1. The summed E-state index contributed by atoms with van der Waals surface area (Å²) >= 11 is 0. The Kier molecular flexibility index (Phi) is 4.83. The van der Waals surface area contributed by atoms with E-state index in [1.165, 1.54) is 36.8 Å². The molecule has 2 aliphatic rings. The first kappa shape index (κ1) is 17.0. The van der Waals surface area contributed by atoms with Crippen LogP contribution in [-0.2, 0) is 11.2 Å². The van der Waals surface area contributed by atoms with E-state index in [0.29, 0.717) is 18.2 Å². The van der Waals surface area contributed by atoms with Gasteiger partial charge in [0, 0.05) is 6.04 Å². The van der Waals surface area contributed by atoms with E-state index in [0.717, 1.165) is 17.8 Å². The summed E-state index contributed by atoms with van der Waals surface area (Å²) < 4.78 is 5.24. The summed E-state index contributed by atoms with van der Waals surface area (Å²) in [6.07, 6.45) is 5.82. The molecule has 1 saturated carbocycles. The van der Waals surface area contributed by atoms with Crippen molar-refractivity contribution < 1.29 is 9.53 Å². The Balaban J connectivity index is 1.66. The Bertz CT molecular complexity index is 782. The molecule has 0 saturated heterocycles. The number of rotatable bonds is 5. The van der Waals surface area contributed by atoms with Gasteiger partial charge >= 0.3 is 5.97 Å². The van der Waals surface area contributed by atoms with Gasteiger partial charge in [-0.15, -0.1) is 0 Å². The van der Waals surface area contributed by atoms with Crippen molar-refractivity contribution in [2.75, 3.05) is 17.2 Å². The number of carbonyl (C=O) groups is 1. The Morgan fingerprint density at radius 2 is 1.96 bits per heavy atom. The van der Waals surface area contributed by atoms with Gasteiger partial charge in [0.1, 0.15) is 0 Å². The van der Waals surface area contributed by atoms with E-state index >= 15 is 0 Å². The second-order valence-corrected chi connectivity index (χ2v) is 7.22. The largest absolute Gasteiger partial charge is 0.462 e. The Labute approximate surface area is 155 Å². The highest BCUT2D eigenvalue weighted by Gasteiger charge is 2.27. The van der Waals surface area contributed by atoms with Crippen LogP contribution in [0.4, 0.5) is 11.4 Å². The first-order valence-corrected chi connectivity index (χ1v) is 9.66. The summed E-state index contributed by atoms with van der Waals surface area (Å²) in [5, 5.41) is 7.36. The summed E-state index contributed by atoms with van der Waals surface area (Å²) in [7, 11) is 0. The van der Waals surface area contributed by atoms with E-state index in [1.54, 1.807) is 0 Å². The predicted octanol–water partition coefficient (Wildman–Crippen LogP) is 4.93. The smallest absolute Gasteiger partial charge is 0.338 e. The summed E-state index contributed by atoms with van der Waals surface area (Å²) in [6, 6.07) is 15.2. The molecule has 4 rings (SSSR count). The Hall–Kier alpha value is -2.49. The van der Waals surface area contributed by atoms with Gasteiger partial charge in [0.25, 0.3) is 0 Å². The van der Waals surface area contributed by atoms with Crippen LogP contribution >= 0.6 is 0 Å². The highest BCUT2D eigenvalue weighted by Crippen LogP contribution is 2.41. The van der Waals surface area contributed by atoms with Gasteiger partial charge in [-0.05, 0) is 49.4 Å². The minimum absolute atomic E-state index is 0.243. The minimum atomic E-state index is -0.243. The molecule has 4 nitrogen and oxygen atoms in total. The molecule has 1 aliphatic carbocycles. The van der Waals surface area contributed by atoms with Crippen molar-refractivity contribution in [3.8, 4) is 0 Å². The van der Waals surface area contributed by atoms with Crippen molar-refractivity contribution in [3.05, 3.63) is 59.2 Å². The number of anilines is 2. The summed E-state index contributed by atoms with van der Waals surface area (Å²) in [4.78, 5) is 12.3. The van der Waals surface area contributed by atoms with Gasteiger partial charge in [0.05, 0.1) is 29.6 Å². The Morgan fingerprint density at radius 1 is 1.19 bits per heavy atom. The van der Waals surface area contributed by atoms with Gasteiger partial charge in [-0.1, -0.05) is 43.2 Å². The molecule has 2 aromatic rings. The molecule has 0 radical (unpaired) electrons. The third-order valence-corrected chi connectivity index (χ3v) is 5.39. The van der Waals surface area contributed by atoms with E-state index in [4.69, 9.17) is 4.74 Å². The molecule has 2 aromatic carbocycles. The van der Waals surface area contributed by atoms with Crippen molar-refractivity contribution in [1.82, 2.24) is 0 Å². The van der Waals surface area contributed by atoms with Crippen LogP contribution in [0.3, 0.4) is 0 Å². The minimum Gasteiger partial charge on any atom is -0.462 e. The molecule has 1 aliphatic heterocycles. The molecule has 136 valence electrons. The monoisotopic (exact) mass is 350 g/mol. The highest BCUT2D eigenvalue weighted by atomic mass is 16.5. The van der Waals surface area contributed by atoms with Crippen LogP contribution in [0.15, 0.2) is 42.5 Å². The molecule has 1 fully saturated rings. The SMILES string of the molecule is CCOC(=O)c1cc2c(c(NC3CCCC3)c1)NC(c1ccccc1)C2. The van der Waals surface area contributed by atoms with E-state index < -0.39 is 0 Å². The molecule has 0 aromatic heterocycles. The molecule has 2 N–H and O–H groups in total. The fourth-order valence-corrected chi connectivity index (χ4v) is 4.10. The third kappa shape index (κ3) is 3.41. The number of fused-ring (bicyclic) bond motifs is 1. The van der Waals surface area contributed by atoms with E-state index in [1.807, 2.05) is 25.1 Å². The van der Waals surface area contributed by atoms with E-state index in [9.17, 15) is 4.79 Å². The molecule has 0 bridgehead atoms. The van der Waals surface area contributed by atoms with Crippen LogP contribution in [0.5, 0.6) is 0 Å². The fraction of sp³-hybridized carbons (Fsp3) is 0.409. The number of esters is 1. The summed E-state index contributed by atoms with van der Waals surface area (Å²) in [5.41, 5.74) is 5.27. The maximum absolute atomic E-state index is 12.3. The van der Waals surface area contributed by atoms with Crippen molar-refractivity contribution in [2.45, 2.75) is 51.1 Å². The Morgan fingerprint density at radius 3 is 2.69 bits per heavy atom. The maximum Gasteiger partial charge on any atom is 0.338 e. The summed E-state index contributed by atoms with van der Waals surface area (Å²) in [5.74, 6) is -0.243. The molecular formula is C22H26N2O2. The number of nitrogens with one attached hydrogen (secondary N) is 2. The van der Waals surface area contributed by atoms with Crippen molar-refractivity contribution in [3.63, 3.8) is 0 Å². The second-order valence-electron chi connectivity index (χ2n) is 7.22. The zero-order valence-electron chi connectivity index (χ0n) is 15.3. The van der Waals surface area contributed by atoms with Crippen LogP contribution < -0.4 is 10.6 Å².